The van der Waals surface area contributed by atoms with Gasteiger partial charge in [-0.3, -0.25) is 4.79 Å². The number of carbonyl (C=O) groups excluding carboxylic acids is 1. The lowest BCUT2D eigenvalue weighted by atomic mass is 9.47. The highest BCUT2D eigenvalue weighted by Crippen LogP contribution is 2.64. The Morgan fingerprint density at radius 3 is 2.73 bits per heavy atom. The maximum atomic E-state index is 11.9. The summed E-state index contributed by atoms with van der Waals surface area (Å²) in [6.07, 6.45) is 17.9. The molecular weight excluding hydrogens is 268 g/mol. The van der Waals surface area contributed by atoms with Crippen molar-refractivity contribution in [3.63, 3.8) is 0 Å². The van der Waals surface area contributed by atoms with Crippen molar-refractivity contribution in [2.24, 2.45) is 28.6 Å². The van der Waals surface area contributed by atoms with Crippen LogP contribution in [0.15, 0.2) is 23.3 Å². The standard InChI is InChI=1S/C21H26O/c1-4-14-6-8-18-17-7-5-15-13-16(22)9-11-21(15,3)19(17)10-12-20(14,18)2/h1,5-6,17-19H,7-13H2,2-3H3/t17?,18?,19?,20-,21+/m1/s1. The van der Waals surface area contributed by atoms with Crippen molar-refractivity contribution in [3.05, 3.63) is 23.3 Å². The highest BCUT2D eigenvalue weighted by atomic mass is 16.1. The Kier molecular flexibility index (Phi) is 3.00. The number of terminal acetylenes is 1. The molecule has 2 fully saturated rings. The van der Waals surface area contributed by atoms with Crippen LogP contribution >= 0.6 is 0 Å². The van der Waals surface area contributed by atoms with Gasteiger partial charge in [-0.05, 0) is 55.3 Å². The second-order valence-corrected chi connectivity index (χ2v) is 8.43. The lowest BCUT2D eigenvalue weighted by Gasteiger charge is -2.56. The van der Waals surface area contributed by atoms with Gasteiger partial charge in [-0.25, -0.2) is 0 Å². The minimum atomic E-state index is 0.238. The van der Waals surface area contributed by atoms with E-state index in [0.29, 0.717) is 11.7 Å². The van der Waals surface area contributed by atoms with E-state index in [-0.39, 0.29) is 10.8 Å². The largest absolute Gasteiger partial charge is 0.299 e. The van der Waals surface area contributed by atoms with Crippen LogP contribution in [0.3, 0.4) is 0 Å². The summed E-state index contributed by atoms with van der Waals surface area (Å²) in [7, 11) is 0. The molecule has 0 aromatic carbocycles. The zero-order valence-electron chi connectivity index (χ0n) is 13.8. The molecule has 1 heteroatoms. The number of ketones is 1. The van der Waals surface area contributed by atoms with Crippen molar-refractivity contribution in [2.75, 3.05) is 0 Å². The fraction of sp³-hybridized carbons (Fsp3) is 0.667. The van der Waals surface area contributed by atoms with Crippen LogP contribution in [-0.2, 0) is 4.79 Å². The minimum absolute atomic E-state index is 0.238. The first-order valence-electron chi connectivity index (χ1n) is 8.87. The molecule has 3 unspecified atom stereocenters. The van der Waals surface area contributed by atoms with E-state index in [1.54, 1.807) is 0 Å². The molecule has 0 N–H and O–H groups in total. The Bertz CT molecular complexity index is 631. The molecule has 4 aliphatic rings. The van der Waals surface area contributed by atoms with E-state index in [2.05, 4.69) is 31.9 Å². The number of rotatable bonds is 0. The molecule has 2 saturated carbocycles. The Labute approximate surface area is 134 Å². The summed E-state index contributed by atoms with van der Waals surface area (Å²) in [5.74, 6) is 5.64. The Morgan fingerprint density at radius 1 is 1.14 bits per heavy atom. The summed E-state index contributed by atoms with van der Waals surface area (Å²) in [6.45, 7) is 4.84. The van der Waals surface area contributed by atoms with Gasteiger partial charge in [0.05, 0.1) is 0 Å². The molecular formula is C21H26O. The smallest absolute Gasteiger partial charge is 0.136 e. The van der Waals surface area contributed by atoms with E-state index < -0.39 is 0 Å². The Morgan fingerprint density at radius 2 is 1.95 bits per heavy atom. The van der Waals surface area contributed by atoms with Gasteiger partial charge >= 0.3 is 0 Å². The molecule has 0 aromatic heterocycles. The molecule has 0 spiro atoms. The molecule has 5 atom stereocenters. The molecule has 0 radical (unpaired) electrons. The van der Waals surface area contributed by atoms with E-state index in [0.717, 1.165) is 43.9 Å². The minimum Gasteiger partial charge on any atom is -0.299 e. The average molecular weight is 294 g/mol. The van der Waals surface area contributed by atoms with Gasteiger partial charge < -0.3 is 0 Å². The third kappa shape index (κ3) is 1.70. The number of carbonyl (C=O) groups is 1. The number of allylic oxidation sites excluding steroid dienone is 4. The maximum Gasteiger partial charge on any atom is 0.136 e. The third-order valence-electron chi connectivity index (χ3n) is 7.67. The molecule has 0 saturated heterocycles. The molecule has 0 heterocycles. The predicted molar refractivity (Wildman–Crippen MR) is 89.0 cm³/mol. The topological polar surface area (TPSA) is 17.1 Å². The highest BCUT2D eigenvalue weighted by molar-refractivity contribution is 5.82. The molecule has 1 nitrogen and oxygen atoms in total. The molecule has 0 aliphatic heterocycles. The van der Waals surface area contributed by atoms with Gasteiger partial charge in [0, 0.05) is 23.8 Å². The van der Waals surface area contributed by atoms with Crippen LogP contribution in [0.2, 0.25) is 0 Å². The molecule has 0 aromatic rings. The number of fused-ring (bicyclic) bond motifs is 5. The van der Waals surface area contributed by atoms with Crippen molar-refractivity contribution < 1.29 is 4.79 Å². The fourth-order valence-electron chi connectivity index (χ4n) is 6.27. The van der Waals surface area contributed by atoms with Crippen LogP contribution in [0.4, 0.5) is 0 Å². The Balaban J connectivity index is 1.70. The molecule has 0 bridgehead atoms. The van der Waals surface area contributed by atoms with Crippen LogP contribution in [0, 0.1) is 40.9 Å². The molecule has 116 valence electrons. The third-order valence-corrected chi connectivity index (χ3v) is 7.67. The normalized spacial score (nSPS) is 46.8. The van der Waals surface area contributed by atoms with Crippen LogP contribution < -0.4 is 0 Å². The molecule has 4 aliphatic carbocycles. The van der Waals surface area contributed by atoms with Crippen molar-refractivity contribution in [1.82, 2.24) is 0 Å². The molecule has 4 rings (SSSR count). The highest BCUT2D eigenvalue weighted by Gasteiger charge is 2.56. The van der Waals surface area contributed by atoms with Crippen molar-refractivity contribution in [1.29, 1.82) is 0 Å². The van der Waals surface area contributed by atoms with Crippen LogP contribution in [0.5, 0.6) is 0 Å². The van der Waals surface area contributed by atoms with Gasteiger partial charge in [0.15, 0.2) is 0 Å². The van der Waals surface area contributed by atoms with Crippen molar-refractivity contribution in [2.45, 2.75) is 58.8 Å². The van der Waals surface area contributed by atoms with Crippen LogP contribution in [0.25, 0.3) is 0 Å². The van der Waals surface area contributed by atoms with E-state index >= 15 is 0 Å². The molecule has 0 amide bonds. The SMILES string of the molecule is C#CC1=CCC2C3CC=C4CC(=O)CC[C@]4(C)C3CC[C@]12C. The summed E-state index contributed by atoms with van der Waals surface area (Å²) in [5, 5.41) is 0. The first-order valence-corrected chi connectivity index (χ1v) is 8.87. The van der Waals surface area contributed by atoms with E-state index in [1.807, 2.05) is 0 Å². The molecule has 22 heavy (non-hydrogen) atoms. The number of Topliss-reactive ketones (excluding diaryl/α,β-unsaturated/α-hetero) is 1. The average Bonchev–Trinajstić information content (AvgIpc) is 2.84. The van der Waals surface area contributed by atoms with Gasteiger partial charge in [0.25, 0.3) is 0 Å². The zero-order chi connectivity index (χ0) is 15.5. The van der Waals surface area contributed by atoms with Crippen molar-refractivity contribution >= 4 is 5.78 Å². The van der Waals surface area contributed by atoms with Gasteiger partial charge in [-0.15, -0.1) is 6.42 Å². The lowest BCUT2D eigenvalue weighted by Crippen LogP contribution is -2.49. The summed E-state index contributed by atoms with van der Waals surface area (Å²) < 4.78 is 0. The predicted octanol–water partition coefficient (Wildman–Crippen LogP) is 4.69. The monoisotopic (exact) mass is 294 g/mol. The second-order valence-electron chi connectivity index (χ2n) is 8.43. The summed E-state index contributed by atoms with van der Waals surface area (Å²) in [5.41, 5.74) is 3.23. The first kappa shape index (κ1) is 14.3. The van der Waals surface area contributed by atoms with Crippen LogP contribution in [-0.4, -0.2) is 5.78 Å². The van der Waals surface area contributed by atoms with Gasteiger partial charge in [-0.2, -0.15) is 0 Å². The summed E-state index contributed by atoms with van der Waals surface area (Å²) in [4.78, 5) is 11.9. The van der Waals surface area contributed by atoms with E-state index in [4.69, 9.17) is 6.42 Å². The Hall–Kier alpha value is -1.29. The lowest BCUT2D eigenvalue weighted by molar-refractivity contribution is -0.122. The first-order chi connectivity index (χ1) is 10.5. The van der Waals surface area contributed by atoms with Gasteiger partial charge in [0.1, 0.15) is 5.78 Å². The maximum absolute atomic E-state index is 11.9. The number of hydrogen-bond acceptors (Lipinski definition) is 1. The van der Waals surface area contributed by atoms with E-state index in [9.17, 15) is 4.79 Å². The summed E-state index contributed by atoms with van der Waals surface area (Å²) >= 11 is 0. The summed E-state index contributed by atoms with van der Waals surface area (Å²) in [6, 6.07) is 0. The second kappa shape index (κ2) is 4.60. The van der Waals surface area contributed by atoms with Crippen molar-refractivity contribution in [3.8, 4) is 12.3 Å². The number of hydrogen-bond donors (Lipinski definition) is 0. The van der Waals surface area contributed by atoms with Crippen LogP contribution in [0.1, 0.15) is 58.8 Å². The zero-order valence-corrected chi connectivity index (χ0v) is 13.8. The fourth-order valence-corrected chi connectivity index (χ4v) is 6.27. The van der Waals surface area contributed by atoms with Gasteiger partial charge in [0.2, 0.25) is 0 Å². The van der Waals surface area contributed by atoms with E-state index in [1.165, 1.54) is 24.0 Å². The quantitative estimate of drug-likeness (QED) is 0.468. The van der Waals surface area contributed by atoms with Gasteiger partial charge in [-0.1, -0.05) is 37.5 Å².